The summed E-state index contributed by atoms with van der Waals surface area (Å²) in [5.74, 6) is 0.551. The maximum absolute atomic E-state index is 11.2. The predicted octanol–water partition coefficient (Wildman–Crippen LogP) is 3.56. The zero-order chi connectivity index (χ0) is 18.7. The third-order valence-corrected chi connectivity index (χ3v) is 3.81. The number of rotatable bonds is 4. The van der Waals surface area contributed by atoms with E-state index in [4.69, 9.17) is 20.7 Å². The fraction of sp³-hybridized carbons (Fsp3) is 0.0556. The Labute approximate surface area is 148 Å². The van der Waals surface area contributed by atoms with Gasteiger partial charge in [-0.25, -0.2) is 9.59 Å². The Morgan fingerprint density at radius 2 is 1.73 bits per heavy atom. The van der Waals surface area contributed by atoms with Crippen molar-refractivity contribution in [2.24, 2.45) is 0 Å². The van der Waals surface area contributed by atoms with Gasteiger partial charge in [0.2, 0.25) is 0 Å². The Kier molecular flexibility index (Phi) is 4.57. The predicted molar refractivity (Wildman–Crippen MR) is 95.5 cm³/mol. The number of fused-ring (bicyclic) bond motifs is 1. The number of carboxylic acid groups (broad SMARTS) is 2. The molecular formula is C18H15N3O5. The van der Waals surface area contributed by atoms with Crippen molar-refractivity contribution >= 4 is 34.3 Å². The standard InChI is InChI=1S/C18H15N3O5/c19-14-5-6-16(13-4-2-1-3-12(13)14)26-10-11-7-8-20-9-15(11)21(17(22)23)18(24)25/h1-9H,10,19H2,(H,22,23)(H,24,25). The molecule has 0 radical (unpaired) electrons. The average Bonchev–Trinajstić information content (AvgIpc) is 2.62. The molecule has 4 N–H and O–H groups in total. The molecular weight excluding hydrogens is 338 g/mol. The fourth-order valence-electron chi connectivity index (χ4n) is 2.60. The van der Waals surface area contributed by atoms with Crippen LogP contribution in [0.25, 0.3) is 10.8 Å². The van der Waals surface area contributed by atoms with Crippen LogP contribution in [0.2, 0.25) is 0 Å². The second-order valence-corrected chi connectivity index (χ2v) is 5.39. The first kappa shape index (κ1) is 17.0. The van der Waals surface area contributed by atoms with Crippen molar-refractivity contribution in [2.75, 3.05) is 10.6 Å². The van der Waals surface area contributed by atoms with E-state index in [1.165, 1.54) is 18.5 Å². The summed E-state index contributed by atoms with van der Waals surface area (Å²) in [6, 6.07) is 12.4. The summed E-state index contributed by atoms with van der Waals surface area (Å²) in [5.41, 5.74) is 6.86. The molecule has 0 aliphatic heterocycles. The summed E-state index contributed by atoms with van der Waals surface area (Å²) in [6.45, 7) is -0.0389. The molecule has 0 fully saturated rings. The molecule has 8 nitrogen and oxygen atoms in total. The van der Waals surface area contributed by atoms with E-state index in [-0.39, 0.29) is 17.2 Å². The van der Waals surface area contributed by atoms with Gasteiger partial charge in [-0.3, -0.25) is 4.98 Å². The molecule has 0 saturated heterocycles. The number of anilines is 2. The number of benzene rings is 2. The highest BCUT2D eigenvalue weighted by atomic mass is 16.5. The minimum atomic E-state index is -1.62. The van der Waals surface area contributed by atoms with E-state index in [1.807, 2.05) is 24.3 Å². The lowest BCUT2D eigenvalue weighted by molar-refractivity contribution is 0.184. The molecule has 0 spiro atoms. The molecule has 3 aromatic rings. The molecule has 2 amide bonds. The molecule has 1 heterocycles. The first-order chi connectivity index (χ1) is 12.5. The number of nitrogens with two attached hydrogens (primary N) is 1. The van der Waals surface area contributed by atoms with E-state index < -0.39 is 12.2 Å². The Bertz CT molecular complexity index is 975. The average molecular weight is 353 g/mol. The second-order valence-electron chi connectivity index (χ2n) is 5.39. The van der Waals surface area contributed by atoms with Gasteiger partial charge in [0.05, 0.1) is 11.9 Å². The minimum absolute atomic E-state index is 0.0389. The Morgan fingerprint density at radius 3 is 2.42 bits per heavy atom. The van der Waals surface area contributed by atoms with Gasteiger partial charge in [-0.2, -0.15) is 4.90 Å². The zero-order valence-electron chi connectivity index (χ0n) is 13.5. The summed E-state index contributed by atoms with van der Waals surface area (Å²) in [7, 11) is 0. The quantitative estimate of drug-likeness (QED) is 0.612. The van der Waals surface area contributed by atoms with Gasteiger partial charge in [-0.1, -0.05) is 24.3 Å². The lowest BCUT2D eigenvalue weighted by atomic mass is 10.1. The molecule has 0 unspecified atom stereocenters. The fourth-order valence-corrected chi connectivity index (χ4v) is 2.60. The Morgan fingerprint density at radius 1 is 1.04 bits per heavy atom. The number of imide groups is 1. The van der Waals surface area contributed by atoms with Gasteiger partial charge in [0, 0.05) is 28.2 Å². The van der Waals surface area contributed by atoms with Crippen LogP contribution in [-0.4, -0.2) is 27.4 Å². The van der Waals surface area contributed by atoms with Crippen LogP contribution < -0.4 is 15.4 Å². The monoisotopic (exact) mass is 353 g/mol. The lowest BCUT2D eigenvalue weighted by Crippen LogP contribution is -2.35. The van der Waals surface area contributed by atoms with Crippen LogP contribution in [-0.2, 0) is 6.61 Å². The Balaban J connectivity index is 1.94. The summed E-state index contributed by atoms with van der Waals surface area (Å²) >= 11 is 0. The topological polar surface area (TPSA) is 126 Å². The number of amides is 2. The summed E-state index contributed by atoms with van der Waals surface area (Å²) in [4.78, 5) is 26.5. The number of nitrogen functional groups attached to an aromatic ring is 1. The third kappa shape index (κ3) is 3.20. The first-order valence-corrected chi connectivity index (χ1v) is 7.58. The van der Waals surface area contributed by atoms with Gasteiger partial charge in [-0.05, 0) is 18.2 Å². The zero-order valence-corrected chi connectivity index (χ0v) is 13.5. The van der Waals surface area contributed by atoms with Crippen molar-refractivity contribution in [1.82, 2.24) is 4.98 Å². The van der Waals surface area contributed by atoms with E-state index in [0.29, 0.717) is 17.0 Å². The van der Waals surface area contributed by atoms with Crippen molar-refractivity contribution < 1.29 is 24.5 Å². The molecule has 8 heteroatoms. The van der Waals surface area contributed by atoms with E-state index in [2.05, 4.69) is 4.98 Å². The van der Waals surface area contributed by atoms with Gasteiger partial charge < -0.3 is 20.7 Å². The van der Waals surface area contributed by atoms with E-state index in [1.54, 1.807) is 12.1 Å². The van der Waals surface area contributed by atoms with Gasteiger partial charge in [-0.15, -0.1) is 0 Å². The van der Waals surface area contributed by atoms with Crippen molar-refractivity contribution in [3.05, 3.63) is 60.4 Å². The first-order valence-electron chi connectivity index (χ1n) is 7.58. The third-order valence-electron chi connectivity index (χ3n) is 3.81. The second kappa shape index (κ2) is 6.98. The van der Waals surface area contributed by atoms with Crippen LogP contribution in [0, 0.1) is 0 Å². The molecule has 0 atom stereocenters. The molecule has 1 aromatic heterocycles. The van der Waals surface area contributed by atoms with Gasteiger partial charge >= 0.3 is 12.2 Å². The van der Waals surface area contributed by atoms with Crippen molar-refractivity contribution in [1.29, 1.82) is 0 Å². The summed E-state index contributed by atoms with van der Waals surface area (Å²) in [6.07, 6.45) is -0.637. The van der Waals surface area contributed by atoms with E-state index in [0.717, 1.165) is 10.8 Å². The molecule has 26 heavy (non-hydrogen) atoms. The van der Waals surface area contributed by atoms with Crippen LogP contribution in [0.1, 0.15) is 5.56 Å². The largest absolute Gasteiger partial charge is 0.488 e. The van der Waals surface area contributed by atoms with Crippen molar-refractivity contribution in [3.8, 4) is 5.75 Å². The van der Waals surface area contributed by atoms with E-state index >= 15 is 0 Å². The van der Waals surface area contributed by atoms with Crippen molar-refractivity contribution in [3.63, 3.8) is 0 Å². The van der Waals surface area contributed by atoms with Crippen LogP contribution in [0.3, 0.4) is 0 Å². The highest BCUT2D eigenvalue weighted by molar-refractivity contribution is 6.08. The number of nitrogens with zero attached hydrogens (tertiary/aromatic N) is 2. The lowest BCUT2D eigenvalue weighted by Gasteiger charge is -2.17. The number of hydrogen-bond acceptors (Lipinski definition) is 5. The molecule has 0 saturated carbocycles. The van der Waals surface area contributed by atoms with Gasteiger partial charge in [0.25, 0.3) is 0 Å². The molecule has 0 bridgehead atoms. The van der Waals surface area contributed by atoms with Gasteiger partial charge in [0.15, 0.2) is 0 Å². The molecule has 3 rings (SSSR count). The van der Waals surface area contributed by atoms with Crippen molar-refractivity contribution in [2.45, 2.75) is 6.61 Å². The van der Waals surface area contributed by atoms with Crippen LogP contribution in [0.15, 0.2) is 54.9 Å². The number of carbonyl (C=O) groups is 2. The highest BCUT2D eigenvalue weighted by Gasteiger charge is 2.25. The number of pyridine rings is 1. The SMILES string of the molecule is Nc1ccc(OCc2ccncc2N(C(=O)O)C(=O)O)c2ccccc12. The highest BCUT2D eigenvalue weighted by Crippen LogP contribution is 2.31. The number of hydrogen-bond donors (Lipinski definition) is 3. The van der Waals surface area contributed by atoms with Crippen LogP contribution in [0.5, 0.6) is 5.75 Å². The molecule has 132 valence electrons. The summed E-state index contributed by atoms with van der Waals surface area (Å²) < 4.78 is 5.81. The normalized spacial score (nSPS) is 10.5. The van der Waals surface area contributed by atoms with E-state index in [9.17, 15) is 9.59 Å². The maximum Gasteiger partial charge on any atom is 0.421 e. The molecule has 2 aromatic carbocycles. The minimum Gasteiger partial charge on any atom is -0.488 e. The number of aromatic nitrogens is 1. The van der Waals surface area contributed by atoms with Gasteiger partial charge in [0.1, 0.15) is 12.4 Å². The number of ether oxygens (including phenoxy) is 1. The maximum atomic E-state index is 11.2. The smallest absolute Gasteiger partial charge is 0.421 e. The van der Waals surface area contributed by atoms with Crippen LogP contribution >= 0.6 is 0 Å². The Hall–Kier alpha value is -3.81. The molecule has 0 aliphatic carbocycles. The summed E-state index contributed by atoms with van der Waals surface area (Å²) in [5, 5.41) is 19.9. The van der Waals surface area contributed by atoms with Crippen LogP contribution in [0.4, 0.5) is 21.0 Å². The molecule has 0 aliphatic rings.